The second kappa shape index (κ2) is 9.03. The summed E-state index contributed by atoms with van der Waals surface area (Å²) in [5, 5.41) is 5.80. The summed E-state index contributed by atoms with van der Waals surface area (Å²) in [6.45, 7) is 2.32. The van der Waals surface area contributed by atoms with Crippen molar-refractivity contribution in [3.05, 3.63) is 35.6 Å². The average Bonchev–Trinajstić information content (AvgIpc) is 2.93. The van der Waals surface area contributed by atoms with Gasteiger partial charge in [0.05, 0.1) is 13.0 Å². The van der Waals surface area contributed by atoms with Gasteiger partial charge in [-0.15, -0.1) is 0 Å². The molecule has 7 nitrogen and oxygen atoms in total. The third-order valence-corrected chi connectivity index (χ3v) is 5.32. The molecular formula is C20H26FN3O4. The van der Waals surface area contributed by atoms with E-state index in [4.69, 9.17) is 4.74 Å². The van der Waals surface area contributed by atoms with Crippen LogP contribution in [0.1, 0.15) is 49.4 Å². The van der Waals surface area contributed by atoms with Gasteiger partial charge in [0.15, 0.2) is 0 Å². The van der Waals surface area contributed by atoms with E-state index in [0.29, 0.717) is 25.0 Å². The number of halogens is 1. The van der Waals surface area contributed by atoms with Gasteiger partial charge in [0.1, 0.15) is 5.82 Å². The molecule has 2 fully saturated rings. The number of ether oxygens (including phenoxy) is 1. The third-order valence-electron chi connectivity index (χ3n) is 5.32. The molecule has 2 aliphatic heterocycles. The molecule has 1 aromatic rings. The van der Waals surface area contributed by atoms with Crippen LogP contribution in [-0.2, 0) is 9.53 Å². The predicted octanol–water partition coefficient (Wildman–Crippen LogP) is 2.21. The Hall–Kier alpha value is -2.64. The van der Waals surface area contributed by atoms with Gasteiger partial charge >= 0.3 is 12.0 Å². The lowest BCUT2D eigenvalue weighted by Gasteiger charge is -2.39. The first-order valence-electron chi connectivity index (χ1n) is 9.76. The van der Waals surface area contributed by atoms with Crippen LogP contribution in [-0.4, -0.2) is 54.1 Å². The van der Waals surface area contributed by atoms with Crippen molar-refractivity contribution in [1.29, 1.82) is 0 Å². The fourth-order valence-electron chi connectivity index (χ4n) is 4.09. The Bertz CT molecular complexity index is 711. The minimum Gasteiger partial charge on any atom is -0.466 e. The van der Waals surface area contributed by atoms with Gasteiger partial charge in [0.2, 0.25) is 0 Å². The summed E-state index contributed by atoms with van der Waals surface area (Å²) < 4.78 is 17.9. The van der Waals surface area contributed by atoms with Crippen molar-refractivity contribution in [3.63, 3.8) is 0 Å². The van der Waals surface area contributed by atoms with Gasteiger partial charge in [-0.2, -0.15) is 0 Å². The fraction of sp³-hybridized carbons (Fsp3) is 0.550. The van der Waals surface area contributed by atoms with Gasteiger partial charge in [0, 0.05) is 30.2 Å². The maximum Gasteiger partial charge on any atom is 0.317 e. The van der Waals surface area contributed by atoms with Gasteiger partial charge in [-0.25, -0.2) is 9.18 Å². The van der Waals surface area contributed by atoms with Crippen LogP contribution in [0.15, 0.2) is 24.3 Å². The molecule has 3 amide bonds. The monoisotopic (exact) mass is 391 g/mol. The normalized spacial score (nSPS) is 23.2. The van der Waals surface area contributed by atoms with Crippen molar-refractivity contribution in [1.82, 2.24) is 15.5 Å². The number of carbonyl (C=O) groups excluding carboxylic acids is 3. The number of carbonyl (C=O) groups is 3. The summed E-state index contributed by atoms with van der Waals surface area (Å²) in [5.41, 5.74) is 0.424. The van der Waals surface area contributed by atoms with E-state index >= 15 is 0 Å². The Morgan fingerprint density at radius 1 is 1.14 bits per heavy atom. The Balaban J connectivity index is 1.49. The van der Waals surface area contributed by atoms with Crippen LogP contribution in [0.5, 0.6) is 0 Å². The number of fused-ring (bicyclic) bond motifs is 2. The number of nitrogens with one attached hydrogen (secondary N) is 2. The number of benzene rings is 1. The van der Waals surface area contributed by atoms with Crippen LogP contribution >= 0.6 is 0 Å². The summed E-state index contributed by atoms with van der Waals surface area (Å²) in [4.78, 5) is 38.1. The van der Waals surface area contributed by atoms with Crippen molar-refractivity contribution in [3.8, 4) is 0 Å². The molecule has 28 heavy (non-hydrogen) atoms. The maximum absolute atomic E-state index is 13.0. The van der Waals surface area contributed by atoms with E-state index < -0.39 is 0 Å². The number of nitrogens with zero attached hydrogens (tertiary/aromatic N) is 1. The largest absolute Gasteiger partial charge is 0.466 e. The smallest absolute Gasteiger partial charge is 0.317 e. The molecule has 152 valence electrons. The minimum absolute atomic E-state index is 0.0152. The lowest BCUT2D eigenvalue weighted by Crippen LogP contribution is -2.55. The third kappa shape index (κ3) is 4.79. The Morgan fingerprint density at radius 2 is 1.79 bits per heavy atom. The Kier molecular flexibility index (Phi) is 6.49. The molecule has 1 aromatic carbocycles. The molecule has 2 aliphatic rings. The van der Waals surface area contributed by atoms with Crippen molar-refractivity contribution in [2.75, 3.05) is 13.2 Å². The molecule has 2 saturated heterocycles. The minimum atomic E-state index is -0.378. The van der Waals surface area contributed by atoms with Gasteiger partial charge in [-0.3, -0.25) is 9.59 Å². The quantitative estimate of drug-likeness (QED) is 0.728. The molecule has 8 heteroatoms. The molecule has 2 bridgehead atoms. The van der Waals surface area contributed by atoms with Gasteiger partial charge in [-0.05, 0) is 56.9 Å². The number of hydrogen-bond donors (Lipinski definition) is 2. The summed E-state index contributed by atoms with van der Waals surface area (Å²) in [7, 11) is 0. The van der Waals surface area contributed by atoms with Crippen molar-refractivity contribution in [2.45, 2.75) is 57.2 Å². The number of piperidine rings is 1. The maximum atomic E-state index is 13.0. The number of rotatable bonds is 6. The van der Waals surface area contributed by atoms with Gasteiger partial charge < -0.3 is 20.3 Å². The summed E-state index contributed by atoms with van der Waals surface area (Å²) in [5.74, 6) is -0.929. The predicted molar refractivity (Wildman–Crippen MR) is 100 cm³/mol. The molecule has 0 aromatic heterocycles. The highest BCUT2D eigenvalue weighted by Crippen LogP contribution is 2.35. The van der Waals surface area contributed by atoms with E-state index in [1.54, 1.807) is 6.92 Å². The number of urea groups is 1. The second-order valence-electron chi connectivity index (χ2n) is 7.23. The Labute approximate surface area is 163 Å². The molecule has 2 atom stereocenters. The fourth-order valence-corrected chi connectivity index (χ4v) is 4.09. The number of esters is 1. The highest BCUT2D eigenvalue weighted by Gasteiger charge is 2.43. The van der Waals surface area contributed by atoms with E-state index in [0.717, 1.165) is 12.8 Å². The highest BCUT2D eigenvalue weighted by molar-refractivity contribution is 5.94. The number of amides is 3. The molecule has 0 spiro atoms. The summed E-state index contributed by atoms with van der Waals surface area (Å²) >= 11 is 0. The lowest BCUT2D eigenvalue weighted by atomic mass is 9.97. The zero-order chi connectivity index (χ0) is 20.1. The van der Waals surface area contributed by atoms with Crippen LogP contribution in [0.4, 0.5) is 9.18 Å². The SMILES string of the molecule is CCOC(=O)CCNC(=O)N1C2CCC1CC(NC(=O)c1ccc(F)cc1)C2. The van der Waals surface area contributed by atoms with Crippen molar-refractivity contribution < 1.29 is 23.5 Å². The summed E-state index contributed by atoms with van der Waals surface area (Å²) in [6.07, 6.45) is 3.33. The molecule has 2 unspecified atom stereocenters. The first-order chi connectivity index (χ1) is 13.5. The zero-order valence-electron chi connectivity index (χ0n) is 15.9. The lowest BCUT2D eigenvalue weighted by molar-refractivity contribution is -0.142. The van der Waals surface area contributed by atoms with Gasteiger partial charge in [-0.1, -0.05) is 0 Å². The zero-order valence-corrected chi connectivity index (χ0v) is 15.9. The first-order valence-corrected chi connectivity index (χ1v) is 9.76. The van der Waals surface area contributed by atoms with E-state index in [2.05, 4.69) is 10.6 Å². The molecule has 2 heterocycles. The Morgan fingerprint density at radius 3 is 2.39 bits per heavy atom. The molecule has 0 saturated carbocycles. The molecule has 3 rings (SSSR count). The van der Waals surface area contributed by atoms with Crippen LogP contribution in [0.2, 0.25) is 0 Å². The van der Waals surface area contributed by atoms with E-state index in [-0.39, 0.29) is 54.8 Å². The average molecular weight is 391 g/mol. The highest BCUT2D eigenvalue weighted by atomic mass is 19.1. The van der Waals surface area contributed by atoms with E-state index in [1.165, 1.54) is 24.3 Å². The molecular weight excluding hydrogens is 365 g/mol. The van der Waals surface area contributed by atoms with Crippen molar-refractivity contribution >= 4 is 17.9 Å². The van der Waals surface area contributed by atoms with Crippen LogP contribution < -0.4 is 10.6 Å². The van der Waals surface area contributed by atoms with Crippen LogP contribution in [0.3, 0.4) is 0 Å². The van der Waals surface area contributed by atoms with E-state index in [9.17, 15) is 18.8 Å². The second-order valence-corrected chi connectivity index (χ2v) is 7.23. The van der Waals surface area contributed by atoms with Gasteiger partial charge in [0.25, 0.3) is 5.91 Å². The molecule has 0 aliphatic carbocycles. The van der Waals surface area contributed by atoms with Crippen LogP contribution in [0, 0.1) is 5.82 Å². The van der Waals surface area contributed by atoms with E-state index in [1.807, 2.05) is 4.90 Å². The molecule has 0 radical (unpaired) electrons. The standard InChI is InChI=1S/C20H26FN3O4/c1-2-28-18(25)9-10-22-20(27)24-16-7-8-17(24)12-15(11-16)23-19(26)13-3-5-14(21)6-4-13/h3-6,15-17H,2,7-12H2,1H3,(H,22,27)(H,23,26). The summed E-state index contributed by atoms with van der Waals surface area (Å²) in [6, 6.07) is 5.42. The van der Waals surface area contributed by atoms with Crippen LogP contribution in [0.25, 0.3) is 0 Å². The van der Waals surface area contributed by atoms with Crippen molar-refractivity contribution in [2.24, 2.45) is 0 Å². The molecule has 2 N–H and O–H groups in total. The topological polar surface area (TPSA) is 87.7 Å². The first kappa shape index (κ1) is 20.1. The number of hydrogen-bond acceptors (Lipinski definition) is 4.